The molecule has 0 spiro atoms. The third-order valence-electron chi connectivity index (χ3n) is 4.86. The van der Waals surface area contributed by atoms with E-state index in [1.807, 2.05) is 0 Å². The average molecular weight is 421 g/mol. The van der Waals surface area contributed by atoms with Gasteiger partial charge in [0.05, 0.1) is 10.6 Å². The van der Waals surface area contributed by atoms with E-state index < -0.39 is 15.8 Å². The molecule has 0 radical (unpaired) electrons. The molecular formula is C22H29FN2O3S. The third-order valence-corrected chi connectivity index (χ3v) is 6.65. The Morgan fingerprint density at radius 2 is 1.72 bits per heavy atom. The second kappa shape index (κ2) is 11.0. The van der Waals surface area contributed by atoms with Crippen molar-refractivity contribution in [2.24, 2.45) is 5.92 Å². The lowest BCUT2D eigenvalue weighted by Crippen LogP contribution is -2.42. The number of nitrogens with one attached hydrogen (secondary N) is 1. The zero-order chi connectivity index (χ0) is 21.3. The minimum atomic E-state index is -4.02. The van der Waals surface area contributed by atoms with E-state index in [2.05, 4.69) is 19.2 Å². The summed E-state index contributed by atoms with van der Waals surface area (Å²) in [6.45, 7) is 4.40. The number of unbranched alkanes of at least 4 members (excludes halogenated alkanes) is 1. The Kier molecular flexibility index (Phi) is 8.64. The van der Waals surface area contributed by atoms with E-state index in [1.165, 1.54) is 12.1 Å². The molecule has 1 atom stereocenters. The molecule has 0 aromatic heterocycles. The van der Waals surface area contributed by atoms with Gasteiger partial charge in [0.2, 0.25) is 5.91 Å². The van der Waals surface area contributed by atoms with Gasteiger partial charge in [-0.15, -0.1) is 0 Å². The predicted octanol–water partition coefficient (Wildman–Crippen LogP) is 4.35. The Bertz CT molecular complexity index is 871. The predicted molar refractivity (Wildman–Crippen MR) is 114 cm³/mol. The van der Waals surface area contributed by atoms with Gasteiger partial charge in [-0.3, -0.25) is 9.10 Å². The van der Waals surface area contributed by atoms with Crippen LogP contribution in [0, 0.1) is 11.7 Å². The van der Waals surface area contributed by atoms with Gasteiger partial charge in [-0.05, 0) is 48.7 Å². The number of sulfonamides is 1. The van der Waals surface area contributed by atoms with E-state index in [-0.39, 0.29) is 17.3 Å². The number of halogens is 1. The van der Waals surface area contributed by atoms with E-state index in [0.717, 1.165) is 42.1 Å². The molecular weight excluding hydrogens is 391 g/mol. The van der Waals surface area contributed by atoms with Gasteiger partial charge in [0.15, 0.2) is 0 Å². The molecule has 5 nitrogen and oxygen atoms in total. The van der Waals surface area contributed by atoms with Gasteiger partial charge in [-0.1, -0.05) is 51.3 Å². The number of hydrogen-bond donors (Lipinski definition) is 1. The number of rotatable bonds is 11. The van der Waals surface area contributed by atoms with Crippen LogP contribution in [0.1, 0.15) is 39.5 Å². The highest BCUT2D eigenvalue weighted by Crippen LogP contribution is 2.23. The fourth-order valence-corrected chi connectivity index (χ4v) is 4.45. The van der Waals surface area contributed by atoms with Gasteiger partial charge in [0.1, 0.15) is 12.4 Å². The zero-order valence-electron chi connectivity index (χ0n) is 17.0. The maximum absolute atomic E-state index is 13.2. The van der Waals surface area contributed by atoms with Crippen LogP contribution in [-0.4, -0.2) is 27.4 Å². The van der Waals surface area contributed by atoms with E-state index in [0.29, 0.717) is 18.2 Å². The summed E-state index contributed by atoms with van der Waals surface area (Å²) in [6, 6.07) is 13.0. The van der Waals surface area contributed by atoms with Crippen LogP contribution in [0.4, 0.5) is 10.1 Å². The molecule has 0 saturated heterocycles. The van der Waals surface area contributed by atoms with Crippen LogP contribution >= 0.6 is 0 Å². The van der Waals surface area contributed by atoms with Gasteiger partial charge in [0.25, 0.3) is 10.0 Å². The lowest BCUT2D eigenvalue weighted by Gasteiger charge is -2.24. The molecule has 2 aromatic carbocycles. The first-order chi connectivity index (χ1) is 13.9. The summed E-state index contributed by atoms with van der Waals surface area (Å²) >= 11 is 0. The van der Waals surface area contributed by atoms with Gasteiger partial charge in [0, 0.05) is 6.54 Å². The molecule has 2 rings (SSSR count). The normalized spacial score (nSPS) is 12.4. The number of carbonyl (C=O) groups excluding carboxylic acids is 1. The Balaban J connectivity index is 2.19. The maximum atomic E-state index is 13.2. The van der Waals surface area contributed by atoms with Crippen LogP contribution < -0.4 is 9.62 Å². The van der Waals surface area contributed by atoms with Crippen LogP contribution in [0.15, 0.2) is 59.5 Å². The SMILES string of the molecule is CCCC[C@H](CC)CNC(=O)CN(c1ccccc1)S(=O)(=O)c1ccc(F)cc1. The van der Waals surface area contributed by atoms with Gasteiger partial charge < -0.3 is 5.32 Å². The van der Waals surface area contributed by atoms with E-state index >= 15 is 0 Å². The summed E-state index contributed by atoms with van der Waals surface area (Å²) in [4.78, 5) is 12.5. The van der Waals surface area contributed by atoms with Crippen molar-refractivity contribution < 1.29 is 17.6 Å². The van der Waals surface area contributed by atoms with Crippen molar-refractivity contribution in [2.75, 3.05) is 17.4 Å². The van der Waals surface area contributed by atoms with E-state index in [9.17, 15) is 17.6 Å². The molecule has 0 unspecified atom stereocenters. The Labute approximate surface area is 173 Å². The molecule has 1 amide bonds. The molecule has 0 bridgehead atoms. The number of benzene rings is 2. The van der Waals surface area contributed by atoms with E-state index in [4.69, 9.17) is 0 Å². The zero-order valence-corrected chi connectivity index (χ0v) is 17.8. The molecule has 29 heavy (non-hydrogen) atoms. The fraction of sp³-hybridized carbons (Fsp3) is 0.409. The van der Waals surface area contributed by atoms with Crippen molar-refractivity contribution in [3.8, 4) is 0 Å². The smallest absolute Gasteiger partial charge is 0.264 e. The standard InChI is InChI=1S/C22H29FN2O3S/c1-3-5-9-18(4-2)16-24-22(26)17-25(20-10-7-6-8-11-20)29(27,28)21-14-12-19(23)13-15-21/h6-8,10-15,18H,3-5,9,16-17H2,1-2H3,(H,24,26)/t18-/m0/s1. The van der Waals surface area contributed by atoms with Crippen LogP contribution in [0.2, 0.25) is 0 Å². The maximum Gasteiger partial charge on any atom is 0.264 e. The second-order valence-electron chi connectivity index (χ2n) is 7.02. The Hall–Kier alpha value is -2.41. The number of hydrogen-bond acceptors (Lipinski definition) is 3. The van der Waals surface area contributed by atoms with Crippen LogP contribution in [-0.2, 0) is 14.8 Å². The quantitative estimate of drug-likeness (QED) is 0.588. The van der Waals surface area contributed by atoms with Crippen molar-refractivity contribution in [1.29, 1.82) is 0 Å². The summed E-state index contributed by atoms with van der Waals surface area (Å²) in [6.07, 6.45) is 4.19. The van der Waals surface area contributed by atoms with Crippen LogP contribution in [0.3, 0.4) is 0 Å². The lowest BCUT2D eigenvalue weighted by molar-refractivity contribution is -0.119. The highest BCUT2D eigenvalue weighted by Gasteiger charge is 2.27. The first-order valence-electron chi connectivity index (χ1n) is 9.98. The minimum absolute atomic E-state index is 0.0649. The third kappa shape index (κ3) is 6.56. The summed E-state index contributed by atoms with van der Waals surface area (Å²) in [5, 5.41) is 2.87. The topological polar surface area (TPSA) is 66.5 Å². The summed E-state index contributed by atoms with van der Waals surface area (Å²) in [5.41, 5.74) is 0.380. The van der Waals surface area contributed by atoms with Crippen LogP contribution in [0.25, 0.3) is 0 Å². The average Bonchev–Trinajstić information content (AvgIpc) is 2.73. The van der Waals surface area contributed by atoms with Crippen molar-refractivity contribution in [3.05, 3.63) is 60.4 Å². The lowest BCUT2D eigenvalue weighted by atomic mass is 9.99. The second-order valence-corrected chi connectivity index (χ2v) is 8.88. The highest BCUT2D eigenvalue weighted by atomic mass is 32.2. The fourth-order valence-electron chi connectivity index (χ4n) is 3.03. The molecule has 0 aliphatic heterocycles. The van der Waals surface area contributed by atoms with Crippen molar-refractivity contribution in [2.45, 2.75) is 44.4 Å². The summed E-state index contributed by atoms with van der Waals surface area (Å²) < 4.78 is 40.6. The molecule has 0 aliphatic rings. The molecule has 0 aliphatic carbocycles. The highest BCUT2D eigenvalue weighted by molar-refractivity contribution is 7.92. The molecule has 0 fully saturated rings. The molecule has 2 aromatic rings. The van der Waals surface area contributed by atoms with Gasteiger partial charge in [-0.2, -0.15) is 0 Å². The van der Waals surface area contributed by atoms with Crippen molar-refractivity contribution in [1.82, 2.24) is 5.32 Å². The molecule has 7 heteroatoms. The minimum Gasteiger partial charge on any atom is -0.354 e. The summed E-state index contributed by atoms with van der Waals surface area (Å²) in [7, 11) is -4.02. The monoisotopic (exact) mass is 420 g/mol. The van der Waals surface area contributed by atoms with Crippen molar-refractivity contribution in [3.63, 3.8) is 0 Å². The molecule has 0 heterocycles. The van der Waals surface area contributed by atoms with Crippen LogP contribution in [0.5, 0.6) is 0 Å². The van der Waals surface area contributed by atoms with E-state index in [1.54, 1.807) is 30.3 Å². The number of para-hydroxylation sites is 1. The molecule has 0 saturated carbocycles. The first kappa shape index (κ1) is 22.9. The number of anilines is 1. The Morgan fingerprint density at radius 3 is 2.31 bits per heavy atom. The largest absolute Gasteiger partial charge is 0.354 e. The molecule has 158 valence electrons. The first-order valence-corrected chi connectivity index (χ1v) is 11.4. The number of nitrogens with zero attached hydrogens (tertiary/aromatic N) is 1. The van der Waals surface area contributed by atoms with Gasteiger partial charge >= 0.3 is 0 Å². The Morgan fingerprint density at radius 1 is 1.07 bits per heavy atom. The molecule has 1 N–H and O–H groups in total. The summed E-state index contributed by atoms with van der Waals surface area (Å²) in [5.74, 6) is -0.516. The van der Waals surface area contributed by atoms with Gasteiger partial charge in [-0.25, -0.2) is 12.8 Å². The number of carbonyl (C=O) groups is 1. The van der Waals surface area contributed by atoms with Crippen molar-refractivity contribution >= 4 is 21.6 Å². The number of amides is 1.